The molecule has 0 aliphatic carbocycles. The first-order valence-corrected chi connectivity index (χ1v) is 11.9. The van der Waals surface area contributed by atoms with E-state index in [0.717, 1.165) is 6.08 Å². The number of unbranched alkanes of at least 4 members (excludes halogenated alkanes) is 1. The lowest BCUT2D eigenvalue weighted by Crippen LogP contribution is -2.45. The average molecular weight is 606 g/mol. The van der Waals surface area contributed by atoms with Crippen LogP contribution in [0.25, 0.3) is 11.6 Å². The van der Waals surface area contributed by atoms with Crippen LogP contribution in [-0.4, -0.2) is 28.0 Å². The van der Waals surface area contributed by atoms with Crippen molar-refractivity contribution in [3.63, 3.8) is 0 Å². The van der Waals surface area contributed by atoms with E-state index in [1.54, 1.807) is 36.4 Å². The summed E-state index contributed by atoms with van der Waals surface area (Å²) in [4.78, 5) is 3.85. The van der Waals surface area contributed by atoms with Crippen LogP contribution in [0.1, 0.15) is 36.3 Å². The van der Waals surface area contributed by atoms with E-state index >= 15 is 0 Å². The molecule has 1 atom stereocenters. The molecule has 3 rings (SSSR count). The minimum absolute atomic E-state index is 0.109. The summed E-state index contributed by atoms with van der Waals surface area (Å²) >= 11 is 2.97. The van der Waals surface area contributed by atoms with Crippen molar-refractivity contribution in [1.82, 2.24) is 15.2 Å². The van der Waals surface area contributed by atoms with E-state index in [2.05, 4.69) is 44.3 Å². The summed E-state index contributed by atoms with van der Waals surface area (Å²) in [7, 11) is 0. The lowest BCUT2D eigenvalue weighted by Gasteiger charge is -2.31. The third-order valence-corrected chi connectivity index (χ3v) is 5.83. The summed E-state index contributed by atoms with van der Waals surface area (Å²) in [5.74, 6) is -2.32. The molecule has 0 bridgehead atoms. The van der Waals surface area contributed by atoms with Crippen molar-refractivity contribution in [2.24, 2.45) is 0 Å². The molecule has 1 aromatic carbocycles. The molecule has 1 unspecified atom stereocenters. The molecule has 0 fully saturated rings. The van der Waals surface area contributed by atoms with E-state index in [1.165, 1.54) is 0 Å². The lowest BCUT2D eigenvalue weighted by molar-refractivity contribution is -0.295. The highest BCUT2D eigenvalue weighted by Gasteiger charge is 2.60. The summed E-state index contributed by atoms with van der Waals surface area (Å²) in [6, 6.07) is 8.80. The summed E-state index contributed by atoms with van der Waals surface area (Å²) in [6.07, 6.45) is -7.19. The van der Waals surface area contributed by atoms with Crippen molar-refractivity contribution in [3.05, 3.63) is 83.2 Å². The van der Waals surface area contributed by atoms with Gasteiger partial charge in [-0.2, -0.15) is 26.3 Å². The van der Waals surface area contributed by atoms with Gasteiger partial charge in [-0.05, 0) is 40.4 Å². The normalized spacial score (nSPS) is 13.7. The number of hydrogen-bond donors (Lipinski definition) is 0. The lowest BCUT2D eigenvalue weighted by atomic mass is 9.98. The van der Waals surface area contributed by atoms with Crippen LogP contribution in [-0.2, 0) is 23.1 Å². The van der Waals surface area contributed by atoms with Gasteiger partial charge in [0.15, 0.2) is 0 Å². The molecule has 6 nitrogen and oxygen atoms in total. The fraction of sp³-hybridized carbons (Fsp3) is 0.320. The van der Waals surface area contributed by atoms with Crippen molar-refractivity contribution < 1.29 is 40.2 Å². The second-order valence-electron chi connectivity index (χ2n) is 7.95. The summed E-state index contributed by atoms with van der Waals surface area (Å²) in [6.45, 7) is 6.36. The molecule has 0 saturated heterocycles. The Bertz CT molecular complexity index is 1250. The van der Waals surface area contributed by atoms with Gasteiger partial charge >= 0.3 is 12.4 Å². The molecule has 3 aromatic rings. The van der Waals surface area contributed by atoms with Crippen LogP contribution in [0, 0.1) is 0 Å². The molecule has 2 aromatic heterocycles. The zero-order chi connectivity index (χ0) is 28.0. The molecule has 38 heavy (non-hydrogen) atoms. The van der Waals surface area contributed by atoms with Crippen LogP contribution < -0.4 is 4.74 Å². The van der Waals surface area contributed by atoms with E-state index < -0.39 is 54.2 Å². The Morgan fingerprint density at radius 2 is 1.71 bits per heavy atom. The zero-order valence-corrected chi connectivity index (χ0v) is 21.4. The molecule has 0 aliphatic rings. The van der Waals surface area contributed by atoms with Crippen molar-refractivity contribution >= 4 is 15.9 Å². The zero-order valence-electron chi connectivity index (χ0n) is 19.8. The molecule has 0 amide bonds. The molecule has 2 heterocycles. The second kappa shape index (κ2) is 12.1. The number of hydrogen-bond acceptors (Lipinski definition) is 6. The number of rotatable bonds is 12. The number of aromatic nitrogens is 3. The molecule has 0 saturated carbocycles. The molecule has 0 radical (unpaired) electrons. The summed E-state index contributed by atoms with van der Waals surface area (Å²) in [5, 5.41) is 7.18. The van der Waals surface area contributed by atoms with Crippen LogP contribution in [0.5, 0.6) is 5.88 Å². The monoisotopic (exact) mass is 605 g/mol. The number of halogens is 7. The third-order valence-electron chi connectivity index (χ3n) is 5.23. The Kier molecular flexibility index (Phi) is 9.36. The average Bonchev–Trinajstić information content (AvgIpc) is 3.34. The van der Waals surface area contributed by atoms with Crippen molar-refractivity contribution in [2.45, 2.75) is 43.8 Å². The number of alkyl halides is 6. The van der Waals surface area contributed by atoms with Gasteiger partial charge in [0.2, 0.25) is 11.5 Å². The fourth-order valence-electron chi connectivity index (χ4n) is 3.32. The van der Waals surface area contributed by atoms with Crippen molar-refractivity contribution in [3.8, 4) is 17.5 Å². The number of ether oxygens (including phenoxy) is 2. The molecule has 0 N–H and O–H groups in total. The van der Waals surface area contributed by atoms with Gasteiger partial charge in [-0.25, -0.2) is 4.98 Å². The predicted molar refractivity (Wildman–Crippen MR) is 129 cm³/mol. The van der Waals surface area contributed by atoms with E-state index in [-0.39, 0.29) is 16.8 Å². The highest BCUT2D eigenvalue weighted by molar-refractivity contribution is 9.10. The molecule has 204 valence electrons. The Morgan fingerprint density at radius 3 is 2.32 bits per heavy atom. The molecule has 0 spiro atoms. The van der Waals surface area contributed by atoms with Crippen LogP contribution in [0.15, 0.2) is 70.6 Å². The highest BCUT2D eigenvalue weighted by Crippen LogP contribution is 2.46. The predicted octanol–water partition coefficient (Wildman–Crippen LogP) is 7.81. The third kappa shape index (κ3) is 6.62. The smallest absolute Gasteiger partial charge is 0.426 e. The largest absolute Gasteiger partial charge is 0.477 e. The maximum Gasteiger partial charge on any atom is 0.426 e. The standard InChI is InChI=1S/C25H22BrF6N3O3/c1-3-5-9-13-36-20-17(24(27,28)29)14-18(26)19(33-20)21-34-35-22(38-21)23(12-4-2,25(30,31)32)37-15-16-10-7-6-8-11-16/h3-4,6-8,10-11,14H,1-2,5,9,12-13,15H2. The molecular weight excluding hydrogens is 584 g/mol. The highest BCUT2D eigenvalue weighted by atomic mass is 79.9. The second-order valence-corrected chi connectivity index (χ2v) is 8.81. The van der Waals surface area contributed by atoms with Gasteiger partial charge in [0.05, 0.1) is 13.2 Å². The van der Waals surface area contributed by atoms with E-state index in [1.807, 2.05) is 0 Å². The summed E-state index contributed by atoms with van der Waals surface area (Å²) < 4.78 is 99.7. The molecule has 13 heteroatoms. The van der Waals surface area contributed by atoms with Gasteiger partial charge in [-0.1, -0.05) is 42.5 Å². The first-order chi connectivity index (χ1) is 17.9. The number of benzene rings is 1. The Morgan fingerprint density at radius 1 is 1.00 bits per heavy atom. The fourth-order valence-corrected chi connectivity index (χ4v) is 3.81. The van der Waals surface area contributed by atoms with Gasteiger partial charge in [0.25, 0.3) is 11.8 Å². The maximum absolute atomic E-state index is 14.4. The van der Waals surface area contributed by atoms with E-state index in [0.29, 0.717) is 24.5 Å². The van der Waals surface area contributed by atoms with Gasteiger partial charge in [-0.15, -0.1) is 23.4 Å². The van der Waals surface area contributed by atoms with Gasteiger partial charge in [0.1, 0.15) is 11.3 Å². The Balaban J connectivity index is 2.04. The van der Waals surface area contributed by atoms with Crippen LogP contribution >= 0.6 is 15.9 Å². The topological polar surface area (TPSA) is 70.3 Å². The van der Waals surface area contributed by atoms with Gasteiger partial charge in [0, 0.05) is 10.9 Å². The number of nitrogens with zero attached hydrogens (tertiary/aromatic N) is 3. The first-order valence-electron chi connectivity index (χ1n) is 11.1. The summed E-state index contributed by atoms with van der Waals surface area (Å²) in [5.41, 5.74) is -4.14. The SMILES string of the molecule is C=CCCCOc1nc(-c2nnc(C(CC=C)(OCc3ccccc3)C(F)(F)F)o2)c(Br)cc1C(F)(F)F. The van der Waals surface area contributed by atoms with Crippen LogP contribution in [0.4, 0.5) is 26.3 Å². The van der Waals surface area contributed by atoms with E-state index in [9.17, 15) is 26.3 Å². The number of allylic oxidation sites excluding steroid dienone is 1. The minimum Gasteiger partial charge on any atom is -0.477 e. The maximum atomic E-state index is 14.4. The first kappa shape index (κ1) is 29.4. The quantitative estimate of drug-likeness (QED) is 0.119. The van der Waals surface area contributed by atoms with Gasteiger partial charge < -0.3 is 13.9 Å². The van der Waals surface area contributed by atoms with Crippen LogP contribution in [0.3, 0.4) is 0 Å². The Labute approximate surface area is 222 Å². The van der Waals surface area contributed by atoms with E-state index in [4.69, 9.17) is 13.9 Å². The Hall–Kier alpha value is -3.19. The molecular formula is C25H22BrF6N3O3. The van der Waals surface area contributed by atoms with Crippen molar-refractivity contribution in [2.75, 3.05) is 6.61 Å². The molecule has 0 aliphatic heterocycles. The van der Waals surface area contributed by atoms with Gasteiger partial charge in [-0.3, -0.25) is 0 Å². The van der Waals surface area contributed by atoms with Crippen LogP contribution in [0.2, 0.25) is 0 Å². The minimum atomic E-state index is -5.02. The van der Waals surface area contributed by atoms with Crippen molar-refractivity contribution in [1.29, 1.82) is 0 Å². The number of pyridine rings is 1.